The van der Waals surface area contributed by atoms with Gasteiger partial charge in [-0.3, -0.25) is 4.84 Å². The lowest BCUT2D eigenvalue weighted by molar-refractivity contribution is -0.0745. The van der Waals surface area contributed by atoms with Gasteiger partial charge in [0.15, 0.2) is 0 Å². The number of carbonyl (C=O) groups excluding carboxylic acids is 1. The largest absolute Gasteiger partial charge is 0.465 e. The number of amides is 3. The molecule has 1 saturated carbocycles. The van der Waals surface area contributed by atoms with Gasteiger partial charge < -0.3 is 5.11 Å². The molecule has 0 aromatic rings. The third-order valence-corrected chi connectivity index (χ3v) is 1.87. The molecule has 0 spiro atoms. The van der Waals surface area contributed by atoms with E-state index in [-0.39, 0.29) is 6.04 Å². The third-order valence-electron chi connectivity index (χ3n) is 1.87. The summed E-state index contributed by atoms with van der Waals surface area (Å²) in [5, 5.41) is 9.62. The predicted molar refractivity (Wildman–Crippen MR) is 43.1 cm³/mol. The van der Waals surface area contributed by atoms with Gasteiger partial charge in [-0.1, -0.05) is 0 Å². The van der Waals surface area contributed by atoms with Crippen LogP contribution in [0.4, 0.5) is 9.59 Å². The van der Waals surface area contributed by atoms with Crippen molar-refractivity contribution < 1.29 is 19.5 Å². The molecule has 74 valence electrons. The predicted octanol–water partition coefficient (Wildman–Crippen LogP) is 0.742. The quantitative estimate of drug-likeness (QED) is 0.649. The van der Waals surface area contributed by atoms with Gasteiger partial charge in [0, 0.05) is 13.1 Å². The number of carbonyl (C=O) groups is 2. The minimum atomic E-state index is -1.23. The van der Waals surface area contributed by atoms with E-state index in [2.05, 4.69) is 4.84 Å². The molecule has 0 saturated heterocycles. The maximum atomic E-state index is 11.3. The third kappa shape index (κ3) is 2.09. The Morgan fingerprint density at radius 3 is 2.31 bits per heavy atom. The van der Waals surface area contributed by atoms with Crippen LogP contribution in [0, 0.1) is 0 Å². The maximum Gasteiger partial charge on any atom is 0.415 e. The van der Waals surface area contributed by atoms with Crippen LogP contribution in [-0.2, 0) is 4.84 Å². The highest BCUT2D eigenvalue weighted by molar-refractivity contribution is 5.90. The Labute approximate surface area is 75.6 Å². The minimum absolute atomic E-state index is 0.164. The highest BCUT2D eigenvalue weighted by Crippen LogP contribution is 2.27. The highest BCUT2D eigenvalue weighted by Gasteiger charge is 2.38. The van der Waals surface area contributed by atoms with Crippen LogP contribution in [0.25, 0.3) is 0 Å². The Balaban J connectivity index is 2.63. The van der Waals surface area contributed by atoms with Crippen LogP contribution < -0.4 is 0 Å². The Hall–Kier alpha value is -1.30. The van der Waals surface area contributed by atoms with Gasteiger partial charge in [0.25, 0.3) is 0 Å². The molecule has 1 rings (SSSR count). The number of imide groups is 1. The number of hydroxylamine groups is 2. The van der Waals surface area contributed by atoms with Crippen LogP contribution in [0.15, 0.2) is 0 Å². The highest BCUT2D eigenvalue weighted by atomic mass is 16.7. The molecule has 0 aromatic heterocycles. The monoisotopic (exact) mass is 188 g/mol. The van der Waals surface area contributed by atoms with Gasteiger partial charge in [-0.05, 0) is 12.8 Å². The van der Waals surface area contributed by atoms with E-state index in [4.69, 9.17) is 5.11 Å². The van der Waals surface area contributed by atoms with E-state index in [9.17, 15) is 9.59 Å². The molecular weight excluding hydrogens is 176 g/mol. The van der Waals surface area contributed by atoms with Crippen LogP contribution in [0.5, 0.6) is 0 Å². The summed E-state index contributed by atoms with van der Waals surface area (Å²) in [4.78, 5) is 27.4. The van der Waals surface area contributed by atoms with Crippen molar-refractivity contribution >= 4 is 12.1 Å². The first-order chi connectivity index (χ1) is 6.07. The van der Waals surface area contributed by atoms with Gasteiger partial charge >= 0.3 is 12.1 Å². The SMILES string of the molecule is CON(C)C(=O)N(C(=O)O)C1CC1. The van der Waals surface area contributed by atoms with Crippen molar-refractivity contribution in [2.24, 2.45) is 0 Å². The summed E-state index contributed by atoms with van der Waals surface area (Å²) in [7, 11) is 2.69. The summed E-state index contributed by atoms with van der Waals surface area (Å²) in [5.41, 5.74) is 0. The fraction of sp³-hybridized carbons (Fsp3) is 0.714. The number of urea groups is 1. The molecule has 13 heavy (non-hydrogen) atoms. The number of carboxylic acid groups (broad SMARTS) is 1. The molecule has 1 aliphatic carbocycles. The molecule has 3 amide bonds. The van der Waals surface area contributed by atoms with E-state index in [0.29, 0.717) is 0 Å². The first-order valence-corrected chi connectivity index (χ1v) is 3.92. The lowest BCUT2D eigenvalue weighted by atomic mass is 10.6. The fourth-order valence-corrected chi connectivity index (χ4v) is 0.957. The Morgan fingerprint density at radius 1 is 1.46 bits per heavy atom. The van der Waals surface area contributed by atoms with Crippen molar-refractivity contribution in [1.82, 2.24) is 9.96 Å². The van der Waals surface area contributed by atoms with Crippen LogP contribution in [0.2, 0.25) is 0 Å². The van der Waals surface area contributed by atoms with Gasteiger partial charge in [0.1, 0.15) is 0 Å². The average Bonchev–Trinajstić information content (AvgIpc) is 2.86. The smallest absolute Gasteiger partial charge is 0.415 e. The number of hydrogen-bond acceptors (Lipinski definition) is 3. The molecule has 1 N–H and O–H groups in total. The zero-order chi connectivity index (χ0) is 10.0. The zero-order valence-electron chi connectivity index (χ0n) is 7.56. The zero-order valence-corrected chi connectivity index (χ0v) is 7.56. The first kappa shape index (κ1) is 9.79. The van der Waals surface area contributed by atoms with Gasteiger partial charge in [-0.25, -0.2) is 19.6 Å². The van der Waals surface area contributed by atoms with E-state index < -0.39 is 12.1 Å². The number of rotatable bonds is 2. The van der Waals surface area contributed by atoms with Crippen molar-refractivity contribution in [3.05, 3.63) is 0 Å². The molecule has 0 radical (unpaired) electrons. The summed E-state index contributed by atoms with van der Waals surface area (Å²) in [5.74, 6) is 0. The molecule has 0 unspecified atom stereocenters. The Kier molecular flexibility index (Phi) is 2.72. The molecular formula is C7H12N2O4. The minimum Gasteiger partial charge on any atom is -0.465 e. The summed E-state index contributed by atoms with van der Waals surface area (Å²) in [6.07, 6.45) is 0.266. The maximum absolute atomic E-state index is 11.3. The molecule has 1 fully saturated rings. The van der Waals surface area contributed by atoms with Gasteiger partial charge in [0.05, 0.1) is 7.11 Å². The molecule has 0 aliphatic heterocycles. The summed E-state index contributed by atoms with van der Waals surface area (Å²) in [6.45, 7) is 0. The van der Waals surface area contributed by atoms with E-state index in [1.165, 1.54) is 14.2 Å². The van der Waals surface area contributed by atoms with E-state index >= 15 is 0 Å². The van der Waals surface area contributed by atoms with Crippen molar-refractivity contribution in [3.8, 4) is 0 Å². The topological polar surface area (TPSA) is 70.1 Å². The molecule has 6 nitrogen and oxygen atoms in total. The lowest BCUT2D eigenvalue weighted by Gasteiger charge is -2.22. The summed E-state index contributed by atoms with van der Waals surface area (Å²) in [6, 6.07) is -0.805. The van der Waals surface area contributed by atoms with Crippen molar-refractivity contribution in [2.75, 3.05) is 14.2 Å². The molecule has 6 heteroatoms. The second-order valence-electron chi connectivity index (χ2n) is 2.85. The van der Waals surface area contributed by atoms with Crippen LogP contribution in [0.1, 0.15) is 12.8 Å². The van der Waals surface area contributed by atoms with Crippen molar-refractivity contribution in [2.45, 2.75) is 18.9 Å². The van der Waals surface area contributed by atoms with E-state index in [1.54, 1.807) is 0 Å². The number of nitrogens with zero attached hydrogens (tertiary/aromatic N) is 2. The standard InChI is InChI=1S/C7H12N2O4/c1-8(13-2)6(10)9(7(11)12)5-3-4-5/h5H,3-4H2,1-2H3,(H,11,12). The first-order valence-electron chi connectivity index (χ1n) is 3.92. The summed E-state index contributed by atoms with van der Waals surface area (Å²) < 4.78 is 0. The summed E-state index contributed by atoms with van der Waals surface area (Å²) >= 11 is 0. The average molecular weight is 188 g/mol. The van der Waals surface area contributed by atoms with Crippen molar-refractivity contribution in [1.29, 1.82) is 0 Å². The van der Waals surface area contributed by atoms with Crippen LogP contribution in [0.3, 0.4) is 0 Å². The molecule has 1 aliphatic rings. The Bertz CT molecular complexity index is 227. The van der Waals surface area contributed by atoms with Crippen LogP contribution >= 0.6 is 0 Å². The number of hydrogen-bond donors (Lipinski definition) is 1. The van der Waals surface area contributed by atoms with Crippen LogP contribution in [-0.4, -0.2) is 47.4 Å². The Morgan fingerprint density at radius 2 is 2.00 bits per heavy atom. The van der Waals surface area contributed by atoms with Gasteiger partial charge in [0.2, 0.25) is 0 Å². The van der Waals surface area contributed by atoms with E-state index in [0.717, 1.165) is 22.8 Å². The molecule has 0 bridgehead atoms. The van der Waals surface area contributed by atoms with Gasteiger partial charge in [-0.15, -0.1) is 0 Å². The molecule has 0 aromatic carbocycles. The fourth-order valence-electron chi connectivity index (χ4n) is 0.957. The normalized spacial score (nSPS) is 15.2. The van der Waals surface area contributed by atoms with E-state index in [1.807, 2.05) is 0 Å². The molecule has 0 atom stereocenters. The van der Waals surface area contributed by atoms with Crippen molar-refractivity contribution in [3.63, 3.8) is 0 Å². The molecule has 0 heterocycles. The van der Waals surface area contributed by atoms with Gasteiger partial charge in [-0.2, -0.15) is 0 Å². The second kappa shape index (κ2) is 3.61. The lowest BCUT2D eigenvalue weighted by Crippen LogP contribution is -2.44. The second-order valence-corrected chi connectivity index (χ2v) is 2.85.